The summed E-state index contributed by atoms with van der Waals surface area (Å²) in [7, 11) is 0. The average Bonchev–Trinajstić information content (AvgIpc) is 2.62. The first kappa shape index (κ1) is 10.5. The Morgan fingerprint density at radius 3 is 2.87 bits per heavy atom. The van der Waals surface area contributed by atoms with Crippen LogP contribution in [0.3, 0.4) is 0 Å². The van der Waals surface area contributed by atoms with Crippen LogP contribution in [0.4, 0.5) is 8.78 Å². The van der Waals surface area contributed by atoms with E-state index in [1.807, 2.05) is 29.6 Å². The minimum absolute atomic E-state index is 0.246. The second-order valence-corrected chi connectivity index (χ2v) is 4.19. The molecule has 0 spiro atoms. The molecular formula is C11H11F2NS. The van der Waals surface area contributed by atoms with Gasteiger partial charge in [0.1, 0.15) is 0 Å². The number of hydrogen-bond acceptors (Lipinski definition) is 2. The molecule has 1 nitrogen and oxygen atoms in total. The summed E-state index contributed by atoms with van der Waals surface area (Å²) in [4.78, 5) is 0. The van der Waals surface area contributed by atoms with E-state index in [0.29, 0.717) is 6.54 Å². The van der Waals surface area contributed by atoms with Crippen molar-refractivity contribution >= 4 is 21.4 Å². The summed E-state index contributed by atoms with van der Waals surface area (Å²) in [6, 6.07) is 8.00. The van der Waals surface area contributed by atoms with Crippen LogP contribution in [0.2, 0.25) is 0 Å². The zero-order valence-corrected chi connectivity index (χ0v) is 8.86. The van der Waals surface area contributed by atoms with E-state index in [4.69, 9.17) is 0 Å². The van der Waals surface area contributed by atoms with E-state index >= 15 is 0 Å². The first-order valence-corrected chi connectivity index (χ1v) is 5.59. The van der Waals surface area contributed by atoms with Crippen LogP contribution in [0, 0.1) is 0 Å². The Morgan fingerprint density at radius 2 is 2.07 bits per heavy atom. The van der Waals surface area contributed by atoms with Crippen molar-refractivity contribution < 1.29 is 8.78 Å². The molecule has 0 saturated heterocycles. The third kappa shape index (κ3) is 2.52. The molecule has 1 N–H and O–H groups in total. The fourth-order valence-corrected chi connectivity index (χ4v) is 2.45. The zero-order valence-electron chi connectivity index (χ0n) is 8.04. The number of alkyl halides is 2. The number of thiophene rings is 1. The number of halogens is 2. The van der Waals surface area contributed by atoms with Gasteiger partial charge in [-0.05, 0) is 22.4 Å². The molecule has 0 fully saturated rings. The van der Waals surface area contributed by atoms with Crippen LogP contribution in [0.25, 0.3) is 10.1 Å². The monoisotopic (exact) mass is 227 g/mol. The van der Waals surface area contributed by atoms with E-state index in [0.717, 1.165) is 10.9 Å². The third-order valence-corrected chi connectivity index (χ3v) is 3.19. The lowest BCUT2D eigenvalue weighted by molar-refractivity contribution is 0.145. The predicted octanol–water partition coefficient (Wildman–Crippen LogP) is 3.26. The van der Waals surface area contributed by atoms with E-state index in [-0.39, 0.29) is 6.54 Å². The van der Waals surface area contributed by atoms with Gasteiger partial charge < -0.3 is 5.32 Å². The molecule has 1 aromatic heterocycles. The number of fused-ring (bicyclic) bond motifs is 1. The fourth-order valence-electron chi connectivity index (χ4n) is 1.49. The molecule has 1 aromatic carbocycles. The van der Waals surface area contributed by atoms with Crippen molar-refractivity contribution in [2.24, 2.45) is 0 Å². The van der Waals surface area contributed by atoms with Crippen molar-refractivity contribution in [3.05, 3.63) is 35.2 Å². The number of hydrogen-bond donors (Lipinski definition) is 1. The minimum Gasteiger partial charge on any atom is -0.307 e. The van der Waals surface area contributed by atoms with Gasteiger partial charge in [-0.3, -0.25) is 0 Å². The summed E-state index contributed by atoms with van der Waals surface area (Å²) in [5.74, 6) is 0. The van der Waals surface area contributed by atoms with Gasteiger partial charge in [-0.25, -0.2) is 8.78 Å². The topological polar surface area (TPSA) is 12.0 Å². The molecule has 2 rings (SSSR count). The molecule has 0 unspecified atom stereocenters. The highest BCUT2D eigenvalue weighted by Crippen LogP contribution is 2.25. The maximum absolute atomic E-state index is 11.9. The second kappa shape index (κ2) is 4.68. The van der Waals surface area contributed by atoms with Gasteiger partial charge in [-0.15, -0.1) is 11.3 Å². The molecule has 1 heterocycles. The summed E-state index contributed by atoms with van der Waals surface area (Å²) in [6.45, 7) is 0.262. The molecule has 0 bridgehead atoms. The normalized spacial score (nSPS) is 11.4. The first-order valence-electron chi connectivity index (χ1n) is 4.71. The average molecular weight is 227 g/mol. The summed E-state index contributed by atoms with van der Waals surface area (Å²) < 4.78 is 25.0. The Bertz CT molecular complexity index is 439. The zero-order chi connectivity index (χ0) is 10.7. The molecule has 0 aliphatic rings. The van der Waals surface area contributed by atoms with E-state index in [9.17, 15) is 8.78 Å². The SMILES string of the molecule is FC(F)CNCc1csc2ccccc12. The lowest BCUT2D eigenvalue weighted by Gasteiger charge is -2.02. The quantitative estimate of drug-likeness (QED) is 0.845. The molecular weight excluding hydrogens is 216 g/mol. The van der Waals surface area contributed by atoms with Crippen molar-refractivity contribution in [1.82, 2.24) is 5.32 Å². The largest absolute Gasteiger partial charge is 0.307 e. The van der Waals surface area contributed by atoms with Gasteiger partial charge in [-0.1, -0.05) is 18.2 Å². The molecule has 2 aromatic rings. The van der Waals surface area contributed by atoms with Crippen LogP contribution in [-0.2, 0) is 6.54 Å². The second-order valence-electron chi connectivity index (χ2n) is 3.28. The van der Waals surface area contributed by atoms with E-state index in [1.165, 1.54) is 4.70 Å². The smallest absolute Gasteiger partial charge is 0.250 e. The molecule has 0 radical (unpaired) electrons. The Labute approximate surface area is 90.7 Å². The van der Waals surface area contributed by atoms with Crippen molar-refractivity contribution in [3.63, 3.8) is 0 Å². The van der Waals surface area contributed by atoms with Crippen molar-refractivity contribution in [1.29, 1.82) is 0 Å². The Kier molecular flexibility index (Phi) is 3.28. The van der Waals surface area contributed by atoms with Crippen LogP contribution in [0.15, 0.2) is 29.6 Å². The Morgan fingerprint density at radius 1 is 1.27 bits per heavy atom. The summed E-state index contributed by atoms with van der Waals surface area (Å²) >= 11 is 1.65. The van der Waals surface area contributed by atoms with Gasteiger partial charge in [0.2, 0.25) is 0 Å². The highest BCUT2D eigenvalue weighted by atomic mass is 32.1. The Hall–Kier alpha value is -1.00. The van der Waals surface area contributed by atoms with Gasteiger partial charge in [0.15, 0.2) is 0 Å². The van der Waals surface area contributed by atoms with Crippen LogP contribution in [0.5, 0.6) is 0 Å². The number of nitrogens with one attached hydrogen (secondary N) is 1. The van der Waals surface area contributed by atoms with Gasteiger partial charge >= 0.3 is 0 Å². The van der Waals surface area contributed by atoms with Crippen molar-refractivity contribution in [2.75, 3.05) is 6.54 Å². The summed E-state index contributed by atoms with van der Waals surface area (Å²) in [6.07, 6.45) is -2.28. The maximum atomic E-state index is 11.9. The van der Waals surface area contributed by atoms with Crippen LogP contribution >= 0.6 is 11.3 Å². The highest BCUT2D eigenvalue weighted by molar-refractivity contribution is 7.17. The van der Waals surface area contributed by atoms with Crippen molar-refractivity contribution in [2.45, 2.75) is 13.0 Å². The number of benzene rings is 1. The van der Waals surface area contributed by atoms with Crippen LogP contribution in [0.1, 0.15) is 5.56 Å². The lowest BCUT2D eigenvalue weighted by atomic mass is 10.2. The molecule has 0 aliphatic heterocycles. The highest BCUT2D eigenvalue weighted by Gasteiger charge is 2.04. The molecule has 0 aliphatic carbocycles. The minimum atomic E-state index is -2.28. The lowest BCUT2D eigenvalue weighted by Crippen LogP contribution is -2.20. The molecule has 4 heteroatoms. The number of rotatable bonds is 4. The molecule has 15 heavy (non-hydrogen) atoms. The van der Waals surface area contributed by atoms with E-state index in [1.54, 1.807) is 11.3 Å². The molecule has 0 amide bonds. The summed E-state index contributed by atoms with van der Waals surface area (Å²) in [5.41, 5.74) is 1.09. The van der Waals surface area contributed by atoms with Gasteiger partial charge in [0.05, 0.1) is 6.54 Å². The van der Waals surface area contributed by atoms with Gasteiger partial charge in [0.25, 0.3) is 6.43 Å². The summed E-state index contributed by atoms with van der Waals surface area (Å²) in [5, 5.41) is 5.91. The van der Waals surface area contributed by atoms with Gasteiger partial charge in [0, 0.05) is 11.2 Å². The molecule has 80 valence electrons. The van der Waals surface area contributed by atoms with E-state index < -0.39 is 6.43 Å². The molecule has 0 saturated carbocycles. The fraction of sp³-hybridized carbons (Fsp3) is 0.273. The van der Waals surface area contributed by atoms with E-state index in [2.05, 4.69) is 5.32 Å². The van der Waals surface area contributed by atoms with Crippen molar-refractivity contribution in [3.8, 4) is 0 Å². The maximum Gasteiger partial charge on any atom is 0.250 e. The Balaban J connectivity index is 2.08. The van der Waals surface area contributed by atoms with Crippen LogP contribution in [-0.4, -0.2) is 13.0 Å². The third-order valence-electron chi connectivity index (χ3n) is 2.18. The molecule has 0 atom stereocenters. The first-order chi connectivity index (χ1) is 7.27. The standard InChI is InChI=1S/C11H11F2NS/c12-11(13)6-14-5-8-7-15-10-4-2-1-3-9(8)10/h1-4,7,11,14H,5-6H2. The van der Waals surface area contributed by atoms with Gasteiger partial charge in [-0.2, -0.15) is 0 Å². The van der Waals surface area contributed by atoms with Crippen LogP contribution < -0.4 is 5.32 Å². The predicted molar refractivity (Wildman–Crippen MR) is 59.5 cm³/mol.